The molecular weight excluding hydrogens is 638 g/mol. The van der Waals surface area contributed by atoms with Crippen LogP contribution in [-0.4, -0.2) is 82.1 Å². The van der Waals surface area contributed by atoms with Gasteiger partial charge in [-0.1, -0.05) is 18.0 Å². The van der Waals surface area contributed by atoms with Gasteiger partial charge in [-0.25, -0.2) is 22.1 Å². The number of rotatable bonds is 11. The summed E-state index contributed by atoms with van der Waals surface area (Å²) in [5, 5.41) is 9.16. The Kier molecular flexibility index (Phi) is 10.4. The standard InChI is InChI=1S/C27H28F6N4O5S2/c1-35(44(39,40)24-14-19(27(31,32)33)16-34-25(24)41-10-9-38)23-13-17(18-11-20(28)15-21(12-18)42-26(29)30)3-4-22(23)36-5-7-37(43-2)8-6-36/h3-4,11-16,26,38H,5-10H2,1-2H3. The van der Waals surface area contributed by atoms with Crippen LogP contribution in [0.15, 0.2) is 53.6 Å². The van der Waals surface area contributed by atoms with E-state index in [2.05, 4.69) is 14.0 Å². The highest BCUT2D eigenvalue weighted by Crippen LogP contribution is 2.40. The van der Waals surface area contributed by atoms with Gasteiger partial charge in [0.05, 0.1) is 23.5 Å². The van der Waals surface area contributed by atoms with Crippen molar-refractivity contribution in [3.8, 4) is 22.8 Å². The van der Waals surface area contributed by atoms with E-state index < -0.39 is 63.9 Å². The van der Waals surface area contributed by atoms with Crippen molar-refractivity contribution in [2.45, 2.75) is 17.7 Å². The Labute approximate surface area is 254 Å². The molecule has 0 aliphatic carbocycles. The molecule has 4 rings (SSSR count). The summed E-state index contributed by atoms with van der Waals surface area (Å²) in [6.45, 7) is -2.03. The number of hydrogen-bond donors (Lipinski definition) is 1. The molecule has 0 atom stereocenters. The van der Waals surface area contributed by atoms with Crippen molar-refractivity contribution in [2.75, 3.05) is 61.9 Å². The predicted octanol–water partition coefficient (Wildman–Crippen LogP) is 5.10. The Hall–Kier alpha value is -3.41. The van der Waals surface area contributed by atoms with E-state index in [9.17, 15) is 34.8 Å². The highest BCUT2D eigenvalue weighted by Gasteiger charge is 2.36. The van der Waals surface area contributed by atoms with Gasteiger partial charge >= 0.3 is 12.8 Å². The number of nitrogens with zero attached hydrogens (tertiary/aromatic N) is 4. The minimum atomic E-state index is -4.93. The van der Waals surface area contributed by atoms with Crippen LogP contribution < -0.4 is 18.7 Å². The normalized spacial score (nSPS) is 14.6. The zero-order valence-corrected chi connectivity index (χ0v) is 25.0. The number of aliphatic hydroxyl groups excluding tert-OH is 1. The molecule has 0 spiro atoms. The number of alkyl halides is 5. The molecule has 1 aliphatic rings. The Morgan fingerprint density at radius 2 is 1.77 bits per heavy atom. The van der Waals surface area contributed by atoms with Gasteiger partial charge in [-0.3, -0.25) is 4.31 Å². The first-order valence-electron chi connectivity index (χ1n) is 13.0. The highest BCUT2D eigenvalue weighted by molar-refractivity contribution is 7.96. The lowest BCUT2D eigenvalue weighted by molar-refractivity contribution is -0.138. The Bertz CT molecular complexity index is 1570. The van der Waals surface area contributed by atoms with Crippen LogP contribution in [0.3, 0.4) is 0 Å². The topological polar surface area (TPSA) is 95.4 Å². The lowest BCUT2D eigenvalue weighted by Gasteiger charge is -2.37. The average Bonchev–Trinajstić information content (AvgIpc) is 2.98. The summed E-state index contributed by atoms with van der Waals surface area (Å²) in [7, 11) is -3.69. The number of benzene rings is 2. The zero-order chi connectivity index (χ0) is 32.2. The zero-order valence-electron chi connectivity index (χ0n) is 23.4. The molecule has 44 heavy (non-hydrogen) atoms. The van der Waals surface area contributed by atoms with E-state index in [4.69, 9.17) is 9.84 Å². The lowest BCUT2D eigenvalue weighted by atomic mass is 10.0. The molecule has 0 unspecified atom stereocenters. The first-order valence-corrected chi connectivity index (χ1v) is 15.6. The number of piperazine rings is 1. The van der Waals surface area contributed by atoms with Crippen molar-refractivity contribution in [3.05, 3.63) is 60.0 Å². The van der Waals surface area contributed by atoms with Crippen LogP contribution in [0.1, 0.15) is 5.56 Å². The van der Waals surface area contributed by atoms with Gasteiger partial charge in [-0.05, 0) is 47.7 Å². The monoisotopic (exact) mass is 666 g/mol. The number of halogens is 6. The van der Waals surface area contributed by atoms with E-state index >= 15 is 0 Å². The van der Waals surface area contributed by atoms with Crippen LogP contribution in [0, 0.1) is 5.82 Å². The van der Waals surface area contributed by atoms with Crippen molar-refractivity contribution in [1.82, 2.24) is 9.29 Å². The molecule has 0 radical (unpaired) electrons. The number of pyridine rings is 1. The summed E-state index contributed by atoms with van der Waals surface area (Å²) < 4.78 is 121. The molecule has 9 nitrogen and oxygen atoms in total. The van der Waals surface area contributed by atoms with Crippen molar-refractivity contribution in [1.29, 1.82) is 0 Å². The second-order valence-corrected chi connectivity index (χ2v) is 12.2. The molecule has 2 heterocycles. The third-order valence-corrected chi connectivity index (χ3v) is 9.34. The molecule has 2 aromatic carbocycles. The second-order valence-electron chi connectivity index (χ2n) is 9.43. The molecule has 240 valence electrons. The molecule has 1 fully saturated rings. The summed E-state index contributed by atoms with van der Waals surface area (Å²) in [5.74, 6) is -2.00. The van der Waals surface area contributed by atoms with Gasteiger partial charge in [-0.2, -0.15) is 22.0 Å². The van der Waals surface area contributed by atoms with Crippen molar-refractivity contribution < 1.29 is 49.3 Å². The molecular formula is C27H28F6N4O5S2. The van der Waals surface area contributed by atoms with E-state index in [0.29, 0.717) is 44.1 Å². The molecule has 3 aromatic rings. The van der Waals surface area contributed by atoms with Crippen LogP contribution in [0.5, 0.6) is 11.6 Å². The quantitative estimate of drug-likeness (QED) is 0.222. The number of sulfonamides is 1. The fraction of sp³-hybridized carbons (Fsp3) is 0.370. The van der Waals surface area contributed by atoms with E-state index in [0.717, 1.165) is 29.6 Å². The van der Waals surface area contributed by atoms with Gasteiger partial charge in [-0.15, -0.1) is 0 Å². The molecule has 1 aromatic heterocycles. The molecule has 0 saturated carbocycles. The SMILES string of the molecule is CSN1CCN(c2ccc(-c3cc(F)cc(OC(F)F)c3)cc2N(C)S(=O)(=O)c2cc(C(F)(F)F)cnc2OCCO)CC1. The fourth-order valence-electron chi connectivity index (χ4n) is 4.53. The summed E-state index contributed by atoms with van der Waals surface area (Å²) in [5.41, 5.74) is -0.635. The first-order chi connectivity index (χ1) is 20.7. The maximum atomic E-state index is 14.4. The van der Waals surface area contributed by atoms with Crippen LogP contribution in [0.2, 0.25) is 0 Å². The average molecular weight is 667 g/mol. The van der Waals surface area contributed by atoms with E-state index in [-0.39, 0.29) is 16.8 Å². The van der Waals surface area contributed by atoms with Crippen molar-refractivity contribution in [3.63, 3.8) is 0 Å². The molecule has 1 aliphatic heterocycles. The summed E-state index contributed by atoms with van der Waals surface area (Å²) in [6.07, 6.45) is -2.59. The minimum Gasteiger partial charge on any atom is -0.474 e. The lowest BCUT2D eigenvalue weighted by Crippen LogP contribution is -2.44. The Morgan fingerprint density at radius 3 is 2.39 bits per heavy atom. The Morgan fingerprint density at radius 1 is 1.07 bits per heavy atom. The van der Waals surface area contributed by atoms with Crippen molar-refractivity contribution in [2.24, 2.45) is 0 Å². The van der Waals surface area contributed by atoms with Gasteiger partial charge in [0.15, 0.2) is 4.90 Å². The molecule has 1 N–H and O–H groups in total. The fourth-order valence-corrected chi connectivity index (χ4v) is 6.37. The molecule has 0 bridgehead atoms. The molecule has 17 heteroatoms. The van der Waals surface area contributed by atoms with E-state index in [1.165, 1.54) is 6.07 Å². The van der Waals surface area contributed by atoms with Crippen LogP contribution >= 0.6 is 11.9 Å². The summed E-state index contributed by atoms with van der Waals surface area (Å²) in [4.78, 5) is 4.56. The molecule has 0 amide bonds. The second kappa shape index (κ2) is 13.7. The maximum Gasteiger partial charge on any atom is 0.417 e. The van der Waals surface area contributed by atoms with Gasteiger partial charge in [0.25, 0.3) is 10.0 Å². The minimum absolute atomic E-state index is 0.00575. The number of anilines is 2. The van der Waals surface area contributed by atoms with Crippen LogP contribution in [0.25, 0.3) is 11.1 Å². The van der Waals surface area contributed by atoms with E-state index in [1.54, 1.807) is 24.1 Å². The summed E-state index contributed by atoms with van der Waals surface area (Å²) in [6, 6.07) is 7.83. The third-order valence-electron chi connectivity index (χ3n) is 6.70. The summed E-state index contributed by atoms with van der Waals surface area (Å²) >= 11 is 1.54. The van der Waals surface area contributed by atoms with Gasteiger partial charge in [0, 0.05) is 45.5 Å². The van der Waals surface area contributed by atoms with Crippen LogP contribution in [0.4, 0.5) is 37.7 Å². The number of ether oxygens (including phenoxy) is 2. The first kappa shape index (κ1) is 33.5. The predicted molar refractivity (Wildman–Crippen MR) is 153 cm³/mol. The number of hydrogen-bond acceptors (Lipinski definition) is 9. The van der Waals surface area contributed by atoms with Gasteiger partial charge < -0.3 is 19.5 Å². The highest BCUT2D eigenvalue weighted by atomic mass is 32.2. The van der Waals surface area contributed by atoms with Gasteiger partial charge in [0.2, 0.25) is 5.88 Å². The number of aromatic nitrogens is 1. The number of aliphatic hydroxyl groups is 1. The smallest absolute Gasteiger partial charge is 0.417 e. The van der Waals surface area contributed by atoms with Crippen molar-refractivity contribution >= 4 is 33.3 Å². The maximum absolute atomic E-state index is 14.4. The largest absolute Gasteiger partial charge is 0.474 e. The molecule has 1 saturated heterocycles. The van der Waals surface area contributed by atoms with E-state index in [1.807, 2.05) is 11.2 Å². The third kappa shape index (κ3) is 7.62. The van der Waals surface area contributed by atoms with Crippen LogP contribution in [-0.2, 0) is 16.2 Å². The van der Waals surface area contributed by atoms with Gasteiger partial charge in [0.1, 0.15) is 18.2 Å². The Balaban J connectivity index is 1.86.